The van der Waals surface area contributed by atoms with E-state index >= 15 is 0 Å². The fourth-order valence-corrected chi connectivity index (χ4v) is 2.63. The van der Waals surface area contributed by atoms with E-state index < -0.39 is 6.04 Å². The van der Waals surface area contributed by atoms with Crippen LogP contribution in [0, 0.1) is 24.6 Å². The molecule has 0 aromatic heterocycles. The lowest BCUT2D eigenvalue weighted by Gasteiger charge is -2.20. The molecule has 1 atom stereocenters. The van der Waals surface area contributed by atoms with Crippen LogP contribution in [0.25, 0.3) is 0 Å². The van der Waals surface area contributed by atoms with E-state index in [9.17, 15) is 9.18 Å². The van der Waals surface area contributed by atoms with Crippen LogP contribution in [-0.2, 0) is 21.1 Å². The molecule has 0 aliphatic carbocycles. The number of nitrogens with zero attached hydrogens (tertiary/aromatic N) is 1. The summed E-state index contributed by atoms with van der Waals surface area (Å²) in [6.07, 6.45) is 0. The normalized spacial score (nSPS) is 12.0. The fourth-order valence-electron chi connectivity index (χ4n) is 2.63. The maximum atomic E-state index is 12.9. The van der Waals surface area contributed by atoms with E-state index in [1.807, 2.05) is 25.1 Å². The minimum Gasteiger partial charge on any atom is -0.390 e. The zero-order chi connectivity index (χ0) is 21.2. The number of aryl methyl sites for hydroxylation is 1. The Morgan fingerprint density at radius 2 is 1.97 bits per heavy atom. The van der Waals surface area contributed by atoms with Crippen molar-refractivity contribution in [3.05, 3.63) is 70.5 Å². The number of nitrogens with one attached hydrogen (secondary N) is 2. The first-order valence-electron chi connectivity index (χ1n) is 8.99. The van der Waals surface area contributed by atoms with Crippen molar-refractivity contribution < 1.29 is 18.9 Å². The molecule has 0 saturated carbocycles. The van der Waals surface area contributed by atoms with E-state index in [1.165, 1.54) is 19.2 Å². The molecule has 0 fully saturated rings. The van der Waals surface area contributed by atoms with Crippen LogP contribution in [0.2, 0.25) is 0 Å². The molecule has 1 amide bonds. The molecule has 0 aliphatic heterocycles. The number of hydroxylamine groups is 1. The average molecular weight is 397 g/mol. The lowest BCUT2D eigenvalue weighted by atomic mass is 9.96. The van der Waals surface area contributed by atoms with Gasteiger partial charge >= 0.3 is 0 Å². The molecule has 0 saturated heterocycles. The minimum atomic E-state index is -0.688. The summed E-state index contributed by atoms with van der Waals surface area (Å²) in [6.45, 7) is 3.81. The van der Waals surface area contributed by atoms with Crippen molar-refractivity contribution in [1.82, 2.24) is 10.8 Å². The minimum absolute atomic E-state index is 0.163. The van der Waals surface area contributed by atoms with E-state index in [1.54, 1.807) is 26.1 Å². The van der Waals surface area contributed by atoms with Gasteiger partial charge in [0.2, 0.25) is 5.91 Å². The second-order valence-corrected chi connectivity index (χ2v) is 6.22. The molecular formula is C22H24FN3O3. The topological polar surface area (TPSA) is 72.0 Å². The third-order valence-electron chi connectivity index (χ3n) is 4.14. The van der Waals surface area contributed by atoms with Crippen LogP contribution in [0.15, 0.2) is 47.6 Å². The maximum Gasteiger partial charge on any atom is 0.243 e. The number of hydrogen-bond acceptors (Lipinski definition) is 5. The molecule has 0 heterocycles. The zero-order valence-corrected chi connectivity index (χ0v) is 16.9. The molecule has 2 rings (SSSR count). The summed E-state index contributed by atoms with van der Waals surface area (Å²) in [7, 11) is 3.02. The average Bonchev–Trinajstić information content (AvgIpc) is 2.72. The molecule has 2 N–H and O–H groups in total. The van der Waals surface area contributed by atoms with E-state index in [0.29, 0.717) is 11.3 Å². The van der Waals surface area contributed by atoms with Gasteiger partial charge in [0.05, 0.1) is 7.11 Å². The molecule has 0 bridgehead atoms. The summed E-state index contributed by atoms with van der Waals surface area (Å²) >= 11 is 0. The molecule has 29 heavy (non-hydrogen) atoms. The molecule has 0 spiro atoms. The van der Waals surface area contributed by atoms with Crippen molar-refractivity contribution in [2.45, 2.75) is 26.5 Å². The van der Waals surface area contributed by atoms with Gasteiger partial charge in [-0.15, -0.1) is 0 Å². The summed E-state index contributed by atoms with van der Waals surface area (Å²) in [6, 6.07) is 10.8. The second-order valence-electron chi connectivity index (χ2n) is 6.22. The van der Waals surface area contributed by atoms with Crippen molar-refractivity contribution in [1.29, 1.82) is 0 Å². The molecular weight excluding hydrogens is 373 g/mol. The molecule has 1 unspecified atom stereocenters. The van der Waals surface area contributed by atoms with E-state index in [0.717, 1.165) is 16.7 Å². The first-order valence-corrected chi connectivity index (χ1v) is 8.99. The molecule has 7 heteroatoms. The molecule has 0 radical (unpaired) electrons. The predicted molar refractivity (Wildman–Crippen MR) is 109 cm³/mol. The maximum absolute atomic E-state index is 12.9. The van der Waals surface area contributed by atoms with Gasteiger partial charge in [-0.3, -0.25) is 4.79 Å². The highest BCUT2D eigenvalue weighted by molar-refractivity contribution is 5.98. The number of hydrogen-bond donors (Lipinski definition) is 2. The number of carbonyl (C=O) groups is 1. The Morgan fingerprint density at radius 1 is 1.24 bits per heavy atom. The lowest BCUT2D eigenvalue weighted by Crippen LogP contribution is -2.36. The van der Waals surface area contributed by atoms with Crippen molar-refractivity contribution in [3.8, 4) is 11.8 Å². The summed E-state index contributed by atoms with van der Waals surface area (Å²) in [5.74, 6) is 5.21. The number of benzene rings is 2. The smallest absolute Gasteiger partial charge is 0.243 e. The summed E-state index contributed by atoms with van der Waals surface area (Å²) in [5, 5.41) is 6.63. The van der Waals surface area contributed by atoms with Crippen LogP contribution in [0.4, 0.5) is 4.39 Å². The highest BCUT2D eigenvalue weighted by Crippen LogP contribution is 2.23. The first-order chi connectivity index (χ1) is 14.0. The van der Waals surface area contributed by atoms with Gasteiger partial charge in [0, 0.05) is 18.2 Å². The summed E-state index contributed by atoms with van der Waals surface area (Å²) in [4.78, 5) is 22.7. The van der Waals surface area contributed by atoms with Crippen molar-refractivity contribution in [2.24, 2.45) is 5.16 Å². The predicted octanol–water partition coefficient (Wildman–Crippen LogP) is 3.02. The largest absolute Gasteiger partial charge is 0.390 e. The standard InChI is InChI=1S/C22H24FN3O3/c1-15-6-5-7-19(21(26-28-4)22(27)24-3)20(15)14-29-25-16(2)8-9-17-10-12-18(23)13-11-17/h5-7,10-13,21,26H,14H2,1-4H3,(H,24,27)/b25-16+. The SMILES string of the molecule is CNC(=O)C(NOC)c1cccc(C)c1CO/N=C(\C)C#Cc1ccc(F)cc1. The number of amides is 1. The van der Waals surface area contributed by atoms with Crippen molar-refractivity contribution >= 4 is 11.6 Å². The van der Waals surface area contributed by atoms with Crippen molar-refractivity contribution in [3.63, 3.8) is 0 Å². The van der Waals surface area contributed by atoms with Gasteiger partial charge in [-0.2, -0.15) is 5.48 Å². The first kappa shape index (κ1) is 22.1. The summed E-state index contributed by atoms with van der Waals surface area (Å²) < 4.78 is 12.9. The van der Waals surface area contributed by atoms with Gasteiger partial charge in [0.1, 0.15) is 24.2 Å². The van der Waals surface area contributed by atoms with Crippen LogP contribution in [0.3, 0.4) is 0 Å². The van der Waals surface area contributed by atoms with Gasteiger partial charge < -0.3 is 15.0 Å². The van der Waals surface area contributed by atoms with Gasteiger partial charge in [0.15, 0.2) is 0 Å². The van der Waals surface area contributed by atoms with Crippen LogP contribution in [0.1, 0.15) is 35.2 Å². The van der Waals surface area contributed by atoms with Gasteiger partial charge in [-0.1, -0.05) is 29.3 Å². The Balaban J connectivity index is 2.15. The van der Waals surface area contributed by atoms with Crippen LogP contribution in [0.5, 0.6) is 0 Å². The fraction of sp³-hybridized carbons (Fsp3) is 0.273. The Kier molecular flexibility index (Phi) is 8.34. The Labute approximate surface area is 170 Å². The third kappa shape index (κ3) is 6.42. The van der Waals surface area contributed by atoms with Crippen LogP contribution < -0.4 is 10.8 Å². The number of oxime groups is 1. The van der Waals surface area contributed by atoms with E-state index in [2.05, 4.69) is 27.8 Å². The Bertz CT molecular complexity index is 931. The second kappa shape index (κ2) is 11.0. The van der Waals surface area contributed by atoms with Gasteiger partial charge in [-0.25, -0.2) is 4.39 Å². The highest BCUT2D eigenvalue weighted by atomic mass is 19.1. The lowest BCUT2D eigenvalue weighted by molar-refractivity contribution is -0.126. The quantitative estimate of drug-likeness (QED) is 0.428. The summed E-state index contributed by atoms with van der Waals surface area (Å²) in [5.41, 5.74) is 6.38. The van der Waals surface area contributed by atoms with Crippen LogP contribution >= 0.6 is 0 Å². The van der Waals surface area contributed by atoms with Crippen molar-refractivity contribution in [2.75, 3.05) is 14.2 Å². The third-order valence-corrected chi connectivity index (χ3v) is 4.14. The van der Waals surface area contributed by atoms with Gasteiger partial charge in [-0.05, 0) is 55.2 Å². The molecule has 152 valence electrons. The molecule has 6 nitrogen and oxygen atoms in total. The Morgan fingerprint density at radius 3 is 2.62 bits per heavy atom. The highest BCUT2D eigenvalue weighted by Gasteiger charge is 2.23. The molecule has 0 aliphatic rings. The monoisotopic (exact) mass is 397 g/mol. The number of carbonyl (C=O) groups excluding carboxylic acids is 1. The van der Waals surface area contributed by atoms with E-state index in [4.69, 9.17) is 9.68 Å². The zero-order valence-electron chi connectivity index (χ0n) is 16.9. The van der Waals surface area contributed by atoms with Gasteiger partial charge in [0.25, 0.3) is 0 Å². The van der Waals surface area contributed by atoms with Crippen LogP contribution in [-0.4, -0.2) is 25.8 Å². The van der Waals surface area contributed by atoms with E-state index in [-0.39, 0.29) is 18.3 Å². The molecule has 2 aromatic carbocycles. The Hall–Kier alpha value is -3.21. The number of likely N-dealkylation sites (N-methyl/N-ethyl adjacent to an activating group) is 1. The number of rotatable bonds is 7. The molecule has 2 aromatic rings. The number of halogens is 1.